The molecule has 0 aliphatic carbocycles. The van der Waals surface area contributed by atoms with E-state index in [-0.39, 0.29) is 5.92 Å². The van der Waals surface area contributed by atoms with Crippen molar-refractivity contribution in [3.8, 4) is 5.75 Å². The zero-order valence-corrected chi connectivity index (χ0v) is 23.9. The van der Waals surface area contributed by atoms with Crippen LogP contribution in [0.4, 0.5) is 0 Å². The molecule has 2 heteroatoms. The summed E-state index contributed by atoms with van der Waals surface area (Å²) in [5.74, 6) is 2.10. The van der Waals surface area contributed by atoms with Crippen molar-refractivity contribution in [2.45, 2.75) is 19.3 Å². The molecule has 1 aliphatic rings. The lowest BCUT2D eigenvalue weighted by molar-refractivity contribution is 0.446. The largest absolute Gasteiger partial charge is 0.461 e. The lowest BCUT2D eigenvalue weighted by Crippen LogP contribution is -2.04. The maximum absolute atomic E-state index is 6.24. The number of hydrogen-bond donors (Lipinski definition) is 1. The van der Waals surface area contributed by atoms with Gasteiger partial charge in [0.15, 0.2) is 0 Å². The van der Waals surface area contributed by atoms with E-state index in [2.05, 4.69) is 140 Å². The van der Waals surface area contributed by atoms with Crippen LogP contribution in [0, 0.1) is 0 Å². The Labute approximate surface area is 244 Å². The molecule has 2 nitrogen and oxygen atoms in total. The van der Waals surface area contributed by atoms with Gasteiger partial charge < -0.3 is 10.1 Å². The molecule has 0 saturated carbocycles. The second-order valence-electron chi connectivity index (χ2n) is 10.3. The van der Waals surface area contributed by atoms with Crippen LogP contribution in [0.2, 0.25) is 0 Å². The van der Waals surface area contributed by atoms with Gasteiger partial charge in [-0.2, -0.15) is 0 Å². The predicted octanol–water partition coefficient (Wildman–Crippen LogP) is 9.24. The van der Waals surface area contributed by atoms with Gasteiger partial charge in [-0.15, -0.1) is 0 Å². The molecule has 41 heavy (non-hydrogen) atoms. The van der Waals surface area contributed by atoms with Gasteiger partial charge in [0, 0.05) is 24.4 Å². The van der Waals surface area contributed by atoms with Crippen LogP contribution in [0.3, 0.4) is 0 Å². The number of allylic oxidation sites excluding steroid dienone is 6. The molecule has 0 fully saturated rings. The van der Waals surface area contributed by atoms with Crippen LogP contribution in [0.25, 0.3) is 17.2 Å². The monoisotopic (exact) mass is 535 g/mol. The first-order valence-corrected chi connectivity index (χ1v) is 14.2. The van der Waals surface area contributed by atoms with Gasteiger partial charge in [0.2, 0.25) is 0 Å². The van der Waals surface area contributed by atoms with Crippen LogP contribution in [-0.4, -0.2) is 13.6 Å². The molecular weight excluding hydrogens is 498 g/mol. The lowest BCUT2D eigenvalue weighted by atomic mass is 9.91. The highest BCUT2D eigenvalue weighted by atomic mass is 16.5. The number of rotatable bonds is 10. The SMILES string of the molecule is C=C(c1ccccc1)c1ccc2c(c1)O/C(=C/C=C\c1ccccc1C(C)/C=C(\C=C/CNC)c1ccccc1)C2. The van der Waals surface area contributed by atoms with Crippen LogP contribution < -0.4 is 10.1 Å². The van der Waals surface area contributed by atoms with Crippen molar-refractivity contribution < 1.29 is 4.74 Å². The summed E-state index contributed by atoms with van der Waals surface area (Å²) < 4.78 is 6.24. The molecule has 0 aromatic heterocycles. The third-order valence-corrected chi connectivity index (χ3v) is 7.34. The van der Waals surface area contributed by atoms with Crippen molar-refractivity contribution in [2.24, 2.45) is 0 Å². The van der Waals surface area contributed by atoms with Crippen molar-refractivity contribution in [3.63, 3.8) is 0 Å². The zero-order chi connectivity index (χ0) is 28.4. The molecule has 4 aromatic carbocycles. The molecule has 1 N–H and O–H groups in total. The highest BCUT2D eigenvalue weighted by molar-refractivity contribution is 5.79. The molecule has 0 bridgehead atoms. The molecule has 0 radical (unpaired) electrons. The van der Waals surface area contributed by atoms with E-state index in [4.69, 9.17) is 4.74 Å². The van der Waals surface area contributed by atoms with Gasteiger partial charge in [0.1, 0.15) is 11.5 Å². The van der Waals surface area contributed by atoms with Crippen molar-refractivity contribution in [2.75, 3.05) is 13.6 Å². The summed E-state index contributed by atoms with van der Waals surface area (Å²) in [5.41, 5.74) is 9.35. The molecule has 1 atom stereocenters. The van der Waals surface area contributed by atoms with Gasteiger partial charge in [0.25, 0.3) is 0 Å². The summed E-state index contributed by atoms with van der Waals surface area (Å²) in [7, 11) is 1.96. The van der Waals surface area contributed by atoms with Crippen molar-refractivity contribution in [1.82, 2.24) is 5.32 Å². The molecule has 4 aromatic rings. The van der Waals surface area contributed by atoms with Gasteiger partial charge >= 0.3 is 0 Å². The minimum absolute atomic E-state index is 0.237. The second kappa shape index (κ2) is 13.6. The lowest BCUT2D eigenvalue weighted by Gasteiger charge is -2.13. The maximum Gasteiger partial charge on any atom is 0.131 e. The van der Waals surface area contributed by atoms with Crippen LogP contribution in [-0.2, 0) is 6.42 Å². The van der Waals surface area contributed by atoms with Gasteiger partial charge in [-0.05, 0) is 58.2 Å². The van der Waals surface area contributed by atoms with Crippen molar-refractivity contribution in [3.05, 3.63) is 179 Å². The Morgan fingerprint density at radius 1 is 0.878 bits per heavy atom. The Kier molecular flexibility index (Phi) is 9.26. The van der Waals surface area contributed by atoms with E-state index in [9.17, 15) is 0 Å². The fourth-order valence-corrected chi connectivity index (χ4v) is 5.13. The summed E-state index contributed by atoms with van der Waals surface area (Å²) in [4.78, 5) is 0. The van der Waals surface area contributed by atoms with E-state index >= 15 is 0 Å². The van der Waals surface area contributed by atoms with Crippen molar-refractivity contribution >= 4 is 17.2 Å². The number of nitrogens with one attached hydrogen (secondary N) is 1. The fraction of sp³-hybridized carbons (Fsp3) is 0.128. The number of ether oxygens (including phenoxy) is 1. The van der Waals surface area contributed by atoms with Crippen LogP contribution in [0.15, 0.2) is 146 Å². The molecule has 204 valence electrons. The van der Waals surface area contributed by atoms with Gasteiger partial charge in [-0.3, -0.25) is 0 Å². The average Bonchev–Trinajstić information content (AvgIpc) is 3.43. The Morgan fingerprint density at radius 3 is 2.34 bits per heavy atom. The van der Waals surface area contributed by atoms with Gasteiger partial charge in [-0.1, -0.05) is 141 Å². The standard InChI is InChI=1S/C39H37NO/c1-29(26-35(20-13-25-40-3)32-16-8-5-9-17-32)38-22-11-10-18-33(38)19-12-21-37-27-36-24-23-34(28-39(36)41-37)30(2)31-14-6-4-7-15-31/h4-24,26,28-29,40H,2,25,27H2,1,3H3/b19-12-,20-13-,35-26+,37-21+. The van der Waals surface area contributed by atoms with Crippen molar-refractivity contribution in [1.29, 1.82) is 0 Å². The zero-order valence-electron chi connectivity index (χ0n) is 23.9. The fourth-order valence-electron chi connectivity index (χ4n) is 5.13. The Hall–Kier alpha value is -4.66. The molecule has 0 amide bonds. The molecular formula is C39H37NO. The van der Waals surface area contributed by atoms with E-state index in [1.54, 1.807) is 0 Å². The number of benzene rings is 4. The van der Waals surface area contributed by atoms with Gasteiger partial charge in [0.05, 0.1) is 0 Å². The summed E-state index contributed by atoms with van der Waals surface area (Å²) in [6, 6.07) is 35.9. The first-order valence-electron chi connectivity index (χ1n) is 14.2. The van der Waals surface area contributed by atoms with Gasteiger partial charge in [-0.25, -0.2) is 0 Å². The van der Waals surface area contributed by atoms with E-state index in [0.29, 0.717) is 0 Å². The molecule has 5 rings (SSSR count). The van der Waals surface area contributed by atoms with E-state index in [0.717, 1.165) is 41.2 Å². The average molecular weight is 536 g/mol. The number of fused-ring (bicyclic) bond motifs is 1. The Balaban J connectivity index is 1.32. The number of hydrogen-bond acceptors (Lipinski definition) is 2. The minimum atomic E-state index is 0.237. The molecule has 1 heterocycles. The van der Waals surface area contributed by atoms with E-state index in [1.807, 2.05) is 25.2 Å². The molecule has 1 unspecified atom stereocenters. The number of likely N-dealkylation sites (N-methyl/N-ethyl adjacent to an activating group) is 1. The third kappa shape index (κ3) is 7.11. The van der Waals surface area contributed by atoms with Crippen LogP contribution >= 0.6 is 0 Å². The Morgan fingerprint density at radius 2 is 1.59 bits per heavy atom. The molecule has 0 saturated heterocycles. The highest BCUT2D eigenvalue weighted by Crippen LogP contribution is 2.35. The quantitative estimate of drug-likeness (QED) is 0.204. The summed E-state index contributed by atoms with van der Waals surface area (Å²) >= 11 is 0. The predicted molar refractivity (Wildman–Crippen MR) is 175 cm³/mol. The first kappa shape index (κ1) is 27.9. The summed E-state index contributed by atoms with van der Waals surface area (Å²) in [5, 5.41) is 3.19. The highest BCUT2D eigenvalue weighted by Gasteiger charge is 2.18. The van der Waals surface area contributed by atoms with Crippen LogP contribution in [0.5, 0.6) is 5.75 Å². The normalized spacial score (nSPS) is 14.9. The van der Waals surface area contributed by atoms with Crippen LogP contribution in [0.1, 0.15) is 46.2 Å². The first-order chi connectivity index (χ1) is 20.1. The summed E-state index contributed by atoms with van der Waals surface area (Å²) in [6.45, 7) is 7.40. The topological polar surface area (TPSA) is 21.3 Å². The third-order valence-electron chi connectivity index (χ3n) is 7.34. The molecule has 0 spiro atoms. The Bertz CT molecular complexity index is 1610. The molecule has 1 aliphatic heterocycles. The summed E-state index contributed by atoms with van der Waals surface area (Å²) in [6.07, 6.45) is 13.9. The smallest absolute Gasteiger partial charge is 0.131 e. The minimum Gasteiger partial charge on any atom is -0.461 e. The maximum atomic E-state index is 6.24. The van der Waals surface area contributed by atoms with E-state index in [1.165, 1.54) is 27.8 Å². The second-order valence-corrected chi connectivity index (χ2v) is 10.3. The van der Waals surface area contributed by atoms with E-state index < -0.39 is 0 Å².